The summed E-state index contributed by atoms with van der Waals surface area (Å²) in [4.78, 5) is 2.53. The molecule has 0 spiro atoms. The summed E-state index contributed by atoms with van der Waals surface area (Å²) in [6.45, 7) is 0. The van der Waals surface area contributed by atoms with Gasteiger partial charge in [-0.1, -0.05) is 224 Å². The third-order valence-electron chi connectivity index (χ3n) is 13.5. The van der Waals surface area contributed by atoms with Crippen molar-refractivity contribution >= 4 is 80.1 Å². The van der Waals surface area contributed by atoms with Crippen molar-refractivity contribution in [3.63, 3.8) is 0 Å². The highest BCUT2D eigenvalue weighted by molar-refractivity contribution is 7.27. The van der Waals surface area contributed by atoms with Gasteiger partial charge in [0.2, 0.25) is 0 Å². The van der Waals surface area contributed by atoms with Gasteiger partial charge in [-0.15, -0.1) is 22.7 Å². The molecule has 324 valence electrons. The van der Waals surface area contributed by atoms with Gasteiger partial charge in [0.15, 0.2) is 0 Å². The maximum Gasteiger partial charge on any atom is 0.0640 e. The van der Waals surface area contributed by atoms with Gasteiger partial charge < -0.3 is 4.90 Å². The largest absolute Gasteiger partial charge is 0.308 e. The second-order valence-corrected chi connectivity index (χ2v) is 19.7. The first kappa shape index (κ1) is 40.9. The highest BCUT2D eigenvalue weighted by Crippen LogP contribution is 2.52. The summed E-state index contributed by atoms with van der Waals surface area (Å²) in [7, 11) is 0. The molecule has 0 saturated carbocycles. The van der Waals surface area contributed by atoms with E-state index in [1.165, 1.54) is 107 Å². The number of hydrogen-bond acceptors (Lipinski definition) is 3. The van der Waals surface area contributed by atoms with Crippen molar-refractivity contribution in [1.29, 1.82) is 0 Å². The smallest absolute Gasteiger partial charge is 0.0640 e. The molecule has 0 fully saturated rings. The van der Waals surface area contributed by atoms with Gasteiger partial charge in [0.1, 0.15) is 0 Å². The van der Waals surface area contributed by atoms with Crippen LogP contribution < -0.4 is 4.90 Å². The summed E-state index contributed by atoms with van der Waals surface area (Å²) in [5.74, 6) is 0. The van der Waals surface area contributed by atoms with E-state index in [0.29, 0.717) is 0 Å². The number of thiophene rings is 2. The van der Waals surface area contributed by atoms with Gasteiger partial charge in [0.25, 0.3) is 0 Å². The lowest BCUT2D eigenvalue weighted by molar-refractivity contribution is 1.32. The Morgan fingerprint density at radius 3 is 1.28 bits per heavy atom. The quantitative estimate of drug-likeness (QED) is 0.139. The molecule has 0 radical (unpaired) electrons. The van der Waals surface area contributed by atoms with Crippen LogP contribution in [0.25, 0.3) is 107 Å². The van der Waals surface area contributed by atoms with Crippen molar-refractivity contribution in [2.75, 3.05) is 4.90 Å². The molecule has 69 heavy (non-hydrogen) atoms. The molecule has 13 rings (SSSR count). The number of anilines is 3. The van der Waals surface area contributed by atoms with Crippen LogP contribution in [0.4, 0.5) is 17.1 Å². The fraction of sp³-hybridized carbons (Fsp3) is 0. The Balaban J connectivity index is 1.03. The summed E-state index contributed by atoms with van der Waals surface area (Å²) < 4.78 is 5.09. The molecular weight excluding hydrogens is 871 g/mol. The lowest BCUT2D eigenvalue weighted by Gasteiger charge is -2.28. The van der Waals surface area contributed by atoms with E-state index in [2.05, 4.69) is 266 Å². The maximum absolute atomic E-state index is 2.53. The Bertz CT molecular complexity index is 3980. The molecule has 0 aliphatic carbocycles. The average molecular weight is 914 g/mol. The molecule has 2 heterocycles. The van der Waals surface area contributed by atoms with E-state index in [9.17, 15) is 0 Å². The van der Waals surface area contributed by atoms with Crippen molar-refractivity contribution in [3.8, 4) is 66.8 Å². The Morgan fingerprint density at radius 2 is 0.696 bits per heavy atom. The minimum absolute atomic E-state index is 1.10. The summed E-state index contributed by atoms with van der Waals surface area (Å²) in [6, 6.07) is 95.5. The van der Waals surface area contributed by atoms with Crippen molar-refractivity contribution in [3.05, 3.63) is 261 Å². The first-order valence-corrected chi connectivity index (χ1v) is 25.1. The van der Waals surface area contributed by atoms with Crippen LogP contribution in [0.3, 0.4) is 0 Å². The monoisotopic (exact) mass is 913 g/mol. The fourth-order valence-corrected chi connectivity index (χ4v) is 12.8. The molecular formula is C66H43NS2. The van der Waals surface area contributed by atoms with Crippen LogP contribution in [0.15, 0.2) is 261 Å². The minimum Gasteiger partial charge on any atom is -0.308 e. The zero-order chi connectivity index (χ0) is 45.7. The molecule has 0 saturated heterocycles. The van der Waals surface area contributed by atoms with Crippen LogP contribution in [-0.4, -0.2) is 0 Å². The standard InChI is InChI=1S/C66H43NS2/c1-5-18-44(19-6-1)49-34-38-57-58-30-17-31-61(65(58)68-62(57)42-49)67(51-36-32-48(33-37-51)53-27-14-16-29-56(53)55-28-15-13-26-52(55)46-22-9-3-10-23-46)60-41-40-54(47-24-11-4-12-25-47)66-64(60)59-39-35-50(43-63(59)69-66)45-20-7-2-8-21-45/h1-43H. The van der Waals surface area contributed by atoms with Crippen molar-refractivity contribution in [2.45, 2.75) is 0 Å². The van der Waals surface area contributed by atoms with Gasteiger partial charge in [-0.25, -0.2) is 0 Å². The number of nitrogens with zero attached hydrogens (tertiary/aromatic N) is 1. The van der Waals surface area contributed by atoms with Gasteiger partial charge in [-0.05, 0) is 103 Å². The predicted molar refractivity (Wildman–Crippen MR) is 300 cm³/mol. The molecule has 0 unspecified atom stereocenters. The topological polar surface area (TPSA) is 3.24 Å². The third kappa shape index (κ3) is 7.32. The summed E-state index contributed by atoms with van der Waals surface area (Å²) in [5, 5.41) is 5.05. The average Bonchev–Trinajstić information content (AvgIpc) is 4.01. The maximum atomic E-state index is 2.53. The number of rotatable bonds is 9. The lowest BCUT2D eigenvalue weighted by atomic mass is 9.89. The Hall–Kier alpha value is -8.34. The van der Waals surface area contributed by atoms with E-state index < -0.39 is 0 Å². The second kappa shape index (κ2) is 17.4. The van der Waals surface area contributed by atoms with Crippen molar-refractivity contribution < 1.29 is 0 Å². The van der Waals surface area contributed by atoms with Crippen LogP contribution >= 0.6 is 22.7 Å². The van der Waals surface area contributed by atoms with E-state index in [0.717, 1.165) is 17.1 Å². The summed E-state index contributed by atoms with van der Waals surface area (Å²) in [6.07, 6.45) is 0. The summed E-state index contributed by atoms with van der Waals surface area (Å²) in [5.41, 5.74) is 18.0. The fourth-order valence-electron chi connectivity index (χ4n) is 10.2. The number of benzene rings is 11. The van der Waals surface area contributed by atoms with Crippen molar-refractivity contribution in [2.24, 2.45) is 0 Å². The molecule has 13 aromatic rings. The minimum atomic E-state index is 1.10. The van der Waals surface area contributed by atoms with E-state index >= 15 is 0 Å². The first-order valence-electron chi connectivity index (χ1n) is 23.5. The van der Waals surface area contributed by atoms with Gasteiger partial charge in [0, 0.05) is 41.3 Å². The van der Waals surface area contributed by atoms with Crippen LogP contribution in [-0.2, 0) is 0 Å². The highest BCUT2D eigenvalue weighted by atomic mass is 32.1. The molecule has 0 amide bonds. The van der Waals surface area contributed by atoms with E-state index in [-0.39, 0.29) is 0 Å². The molecule has 0 bridgehead atoms. The van der Waals surface area contributed by atoms with Crippen LogP contribution in [0.1, 0.15) is 0 Å². The van der Waals surface area contributed by atoms with E-state index in [1.807, 2.05) is 22.7 Å². The number of fused-ring (bicyclic) bond motifs is 6. The van der Waals surface area contributed by atoms with Crippen molar-refractivity contribution in [1.82, 2.24) is 0 Å². The van der Waals surface area contributed by atoms with Gasteiger partial charge in [-0.2, -0.15) is 0 Å². The lowest BCUT2D eigenvalue weighted by Crippen LogP contribution is -2.10. The zero-order valence-corrected chi connectivity index (χ0v) is 39.2. The SMILES string of the molecule is c1ccc(-c2ccc3c(c2)sc2c(N(c4ccc(-c5ccccc5-c5ccccc5-c5ccccc5)cc4)c4ccc(-c5ccccc5)c5sc6cc(-c7ccccc7)ccc6c45)cccc23)cc1. The second-order valence-electron chi connectivity index (χ2n) is 17.6. The molecule has 3 heteroatoms. The van der Waals surface area contributed by atoms with Gasteiger partial charge >= 0.3 is 0 Å². The molecule has 0 atom stereocenters. The Morgan fingerprint density at radius 1 is 0.246 bits per heavy atom. The van der Waals surface area contributed by atoms with Crippen LogP contribution in [0, 0.1) is 0 Å². The third-order valence-corrected chi connectivity index (χ3v) is 15.9. The highest BCUT2D eigenvalue weighted by Gasteiger charge is 2.24. The molecule has 1 nitrogen and oxygen atoms in total. The Kier molecular flexibility index (Phi) is 10.3. The van der Waals surface area contributed by atoms with E-state index in [1.54, 1.807) is 0 Å². The van der Waals surface area contributed by atoms with Crippen LogP contribution in [0.2, 0.25) is 0 Å². The predicted octanol–water partition coefficient (Wildman–Crippen LogP) is 19.9. The Labute approximate surface area is 410 Å². The van der Waals surface area contributed by atoms with Gasteiger partial charge in [-0.3, -0.25) is 0 Å². The molecule has 0 aliphatic heterocycles. The molecule has 0 N–H and O–H groups in total. The molecule has 0 aliphatic rings. The molecule has 2 aromatic heterocycles. The first-order chi connectivity index (χ1) is 34.2. The number of hydrogen-bond donors (Lipinski definition) is 0. The normalized spacial score (nSPS) is 11.5. The zero-order valence-electron chi connectivity index (χ0n) is 37.6. The molecule has 11 aromatic carbocycles. The van der Waals surface area contributed by atoms with E-state index in [4.69, 9.17) is 0 Å². The summed E-state index contributed by atoms with van der Waals surface area (Å²) >= 11 is 3.78. The van der Waals surface area contributed by atoms with Gasteiger partial charge in [0.05, 0.1) is 16.1 Å². The van der Waals surface area contributed by atoms with Crippen LogP contribution in [0.5, 0.6) is 0 Å².